The summed E-state index contributed by atoms with van der Waals surface area (Å²) in [4.78, 5) is 10.3. The van der Waals surface area contributed by atoms with Crippen molar-refractivity contribution in [2.24, 2.45) is 4.99 Å². The van der Waals surface area contributed by atoms with Crippen LogP contribution in [0.5, 0.6) is 0 Å². The molecule has 0 bridgehead atoms. The summed E-state index contributed by atoms with van der Waals surface area (Å²) in [7, 11) is 0. The topological polar surface area (TPSA) is 69.5 Å². The second-order valence-corrected chi connectivity index (χ2v) is 6.96. The number of hydrogen-bond donors (Lipinski definition) is 3. The molecule has 1 unspecified atom stereocenters. The van der Waals surface area contributed by atoms with E-state index in [0.29, 0.717) is 25.5 Å². The predicted molar refractivity (Wildman–Crippen MR) is 116 cm³/mol. The molecule has 0 aliphatic heterocycles. The van der Waals surface area contributed by atoms with Crippen LogP contribution in [-0.4, -0.2) is 35.2 Å². The van der Waals surface area contributed by atoms with E-state index in [9.17, 15) is 5.11 Å². The molecule has 2 aromatic rings. The lowest BCUT2D eigenvalue weighted by molar-refractivity contribution is 0.177. The van der Waals surface area contributed by atoms with E-state index < -0.39 is 6.10 Å². The Balaban J connectivity index is 0.00000312. The average molecular weight is 474 g/mol. The maximum Gasteiger partial charge on any atom is 0.191 e. The molecule has 5 nitrogen and oxygen atoms in total. The van der Waals surface area contributed by atoms with Gasteiger partial charge in [0.05, 0.1) is 18.3 Å². The van der Waals surface area contributed by atoms with Crippen LogP contribution >= 0.6 is 35.3 Å². The highest BCUT2D eigenvalue weighted by molar-refractivity contribution is 14.0. The van der Waals surface area contributed by atoms with Gasteiger partial charge in [-0.15, -0.1) is 35.3 Å². The van der Waals surface area contributed by atoms with Crippen molar-refractivity contribution in [1.82, 2.24) is 15.6 Å². The predicted octanol–water partition coefficient (Wildman–Crippen LogP) is 3.04. The maximum absolute atomic E-state index is 10.2. The largest absolute Gasteiger partial charge is 0.391 e. The van der Waals surface area contributed by atoms with E-state index >= 15 is 0 Å². The number of rotatable bonds is 7. The van der Waals surface area contributed by atoms with E-state index in [0.717, 1.165) is 22.8 Å². The van der Waals surface area contributed by atoms with E-state index in [4.69, 9.17) is 0 Å². The number of aliphatic hydroxyl groups is 1. The second-order valence-electron chi connectivity index (χ2n) is 5.67. The van der Waals surface area contributed by atoms with Crippen LogP contribution in [0.15, 0.2) is 35.3 Å². The zero-order valence-corrected chi connectivity index (χ0v) is 18.1. The van der Waals surface area contributed by atoms with Crippen LogP contribution < -0.4 is 10.6 Å². The highest BCUT2D eigenvalue weighted by Crippen LogP contribution is 2.16. The number of benzene rings is 1. The molecule has 1 aromatic carbocycles. The molecule has 0 aliphatic rings. The van der Waals surface area contributed by atoms with Crippen LogP contribution in [0, 0.1) is 13.8 Å². The van der Waals surface area contributed by atoms with E-state index in [1.807, 2.05) is 44.2 Å². The van der Waals surface area contributed by atoms with Gasteiger partial charge in [-0.3, -0.25) is 0 Å². The number of aryl methyl sites for hydroxylation is 2. The summed E-state index contributed by atoms with van der Waals surface area (Å²) in [6.07, 6.45) is 0.165. The molecule has 3 N–H and O–H groups in total. The Bertz CT molecular complexity index is 641. The molecule has 0 saturated carbocycles. The minimum atomic E-state index is -0.458. The Morgan fingerprint density at radius 2 is 1.96 bits per heavy atom. The minimum Gasteiger partial charge on any atom is -0.391 e. The zero-order chi connectivity index (χ0) is 17.4. The normalized spacial score (nSPS) is 12.4. The number of nitrogens with zero attached hydrogens (tertiary/aromatic N) is 2. The van der Waals surface area contributed by atoms with Gasteiger partial charge in [-0.2, -0.15) is 0 Å². The lowest BCUT2D eigenvalue weighted by Crippen LogP contribution is -2.41. The number of thiazole rings is 1. The third kappa shape index (κ3) is 7.70. The lowest BCUT2D eigenvalue weighted by Gasteiger charge is -2.15. The number of aliphatic hydroxyl groups excluding tert-OH is 1. The first-order valence-corrected chi connectivity index (χ1v) is 9.07. The standard InChI is InChI=1S/C18H26N4OS.HI/c1-4-19-18(21-12-17-22-13(2)14(3)24-17)20-11-16(23)10-15-8-6-5-7-9-15;/h5-9,16,23H,4,10-12H2,1-3H3,(H2,19,20,21);1H. The fourth-order valence-corrected chi connectivity index (χ4v) is 3.13. The second kappa shape index (κ2) is 11.4. The van der Waals surface area contributed by atoms with Crippen LogP contribution in [-0.2, 0) is 13.0 Å². The van der Waals surface area contributed by atoms with Crippen LogP contribution in [0.25, 0.3) is 0 Å². The molecule has 1 atom stereocenters. The number of aromatic nitrogens is 1. The summed E-state index contributed by atoms with van der Waals surface area (Å²) in [6, 6.07) is 10.00. The maximum atomic E-state index is 10.2. The van der Waals surface area contributed by atoms with E-state index in [1.165, 1.54) is 4.88 Å². The quantitative estimate of drug-likeness (QED) is 0.328. The summed E-state index contributed by atoms with van der Waals surface area (Å²) in [5.41, 5.74) is 2.20. The van der Waals surface area contributed by atoms with Crippen molar-refractivity contribution in [1.29, 1.82) is 0 Å². The van der Waals surface area contributed by atoms with Crippen molar-refractivity contribution >= 4 is 41.3 Å². The fraction of sp³-hybridized carbons (Fsp3) is 0.444. The molecule has 138 valence electrons. The highest BCUT2D eigenvalue weighted by atomic mass is 127. The van der Waals surface area contributed by atoms with Crippen LogP contribution in [0.1, 0.15) is 28.1 Å². The summed E-state index contributed by atoms with van der Waals surface area (Å²) < 4.78 is 0. The first-order chi connectivity index (χ1) is 11.6. The summed E-state index contributed by atoms with van der Waals surface area (Å²) in [5, 5.41) is 17.6. The summed E-state index contributed by atoms with van der Waals surface area (Å²) >= 11 is 1.68. The van der Waals surface area contributed by atoms with Gasteiger partial charge in [-0.1, -0.05) is 30.3 Å². The van der Waals surface area contributed by atoms with Crippen molar-refractivity contribution in [2.75, 3.05) is 13.1 Å². The van der Waals surface area contributed by atoms with Gasteiger partial charge in [0.1, 0.15) is 5.01 Å². The fourth-order valence-electron chi connectivity index (χ4n) is 2.27. The van der Waals surface area contributed by atoms with Gasteiger partial charge in [0.2, 0.25) is 0 Å². The van der Waals surface area contributed by atoms with Gasteiger partial charge in [0, 0.05) is 24.4 Å². The number of halogens is 1. The zero-order valence-electron chi connectivity index (χ0n) is 15.0. The molecule has 2 rings (SSSR count). The van der Waals surface area contributed by atoms with Crippen molar-refractivity contribution in [2.45, 2.75) is 39.8 Å². The third-order valence-electron chi connectivity index (χ3n) is 3.61. The third-order valence-corrected chi connectivity index (χ3v) is 4.67. The average Bonchev–Trinajstić information content (AvgIpc) is 2.89. The number of aliphatic imine (C=N–C) groups is 1. The summed E-state index contributed by atoms with van der Waals surface area (Å²) in [6.45, 7) is 7.89. The van der Waals surface area contributed by atoms with E-state index in [-0.39, 0.29) is 24.0 Å². The van der Waals surface area contributed by atoms with Gasteiger partial charge in [0.25, 0.3) is 0 Å². The van der Waals surface area contributed by atoms with Crippen molar-refractivity contribution < 1.29 is 5.11 Å². The SMILES string of the molecule is CCNC(=NCc1nc(C)c(C)s1)NCC(O)Cc1ccccc1.I. The molecule has 0 radical (unpaired) electrons. The number of hydrogen-bond acceptors (Lipinski definition) is 4. The van der Waals surface area contributed by atoms with Gasteiger partial charge >= 0.3 is 0 Å². The summed E-state index contributed by atoms with van der Waals surface area (Å²) in [5.74, 6) is 0.704. The van der Waals surface area contributed by atoms with Gasteiger partial charge < -0.3 is 15.7 Å². The Morgan fingerprint density at radius 3 is 2.56 bits per heavy atom. The van der Waals surface area contributed by atoms with Gasteiger partial charge in [0.15, 0.2) is 5.96 Å². The molecular formula is C18H27IN4OS. The van der Waals surface area contributed by atoms with Crippen molar-refractivity contribution in [3.05, 3.63) is 51.5 Å². The van der Waals surface area contributed by atoms with E-state index in [2.05, 4.69) is 27.5 Å². The Hall–Kier alpha value is -1.19. The molecule has 1 aromatic heterocycles. The molecule has 0 aliphatic carbocycles. The highest BCUT2D eigenvalue weighted by Gasteiger charge is 2.08. The van der Waals surface area contributed by atoms with Crippen LogP contribution in [0.2, 0.25) is 0 Å². The monoisotopic (exact) mass is 474 g/mol. The molecule has 0 fully saturated rings. The van der Waals surface area contributed by atoms with Crippen LogP contribution in [0.4, 0.5) is 0 Å². The first-order valence-electron chi connectivity index (χ1n) is 8.25. The molecule has 0 saturated heterocycles. The smallest absolute Gasteiger partial charge is 0.191 e. The molecule has 1 heterocycles. The van der Waals surface area contributed by atoms with E-state index in [1.54, 1.807) is 11.3 Å². The molecule has 25 heavy (non-hydrogen) atoms. The minimum absolute atomic E-state index is 0. The molecule has 7 heteroatoms. The number of guanidine groups is 1. The Morgan fingerprint density at radius 1 is 1.24 bits per heavy atom. The molecule has 0 amide bonds. The Kier molecular flexibility index (Phi) is 9.99. The lowest BCUT2D eigenvalue weighted by atomic mass is 10.1. The van der Waals surface area contributed by atoms with Crippen molar-refractivity contribution in [3.63, 3.8) is 0 Å². The van der Waals surface area contributed by atoms with Gasteiger partial charge in [-0.25, -0.2) is 9.98 Å². The molecule has 0 spiro atoms. The Labute approximate surface area is 171 Å². The van der Waals surface area contributed by atoms with Crippen LogP contribution in [0.3, 0.4) is 0 Å². The van der Waals surface area contributed by atoms with Gasteiger partial charge in [-0.05, 0) is 26.3 Å². The van der Waals surface area contributed by atoms with Crippen molar-refractivity contribution in [3.8, 4) is 0 Å². The number of nitrogens with one attached hydrogen (secondary N) is 2. The first kappa shape index (κ1) is 21.9. The molecular weight excluding hydrogens is 447 g/mol.